The van der Waals surface area contributed by atoms with Gasteiger partial charge in [-0.3, -0.25) is 10.1 Å². The Bertz CT molecular complexity index is 628. The third-order valence-electron chi connectivity index (χ3n) is 2.55. The molecule has 0 radical (unpaired) electrons. The van der Waals surface area contributed by atoms with Gasteiger partial charge in [0.1, 0.15) is 0 Å². The molecule has 0 spiro atoms. The fourth-order valence-electron chi connectivity index (χ4n) is 1.73. The Morgan fingerprint density at radius 2 is 2.06 bits per heavy atom. The molecule has 0 fully saturated rings. The first kappa shape index (κ1) is 8.91. The summed E-state index contributed by atoms with van der Waals surface area (Å²) in [6.45, 7) is 0. The molecule has 0 amide bonds. The van der Waals surface area contributed by atoms with E-state index in [1.165, 1.54) is 0 Å². The van der Waals surface area contributed by atoms with Gasteiger partial charge in [-0.25, -0.2) is 0 Å². The molecule has 0 aliphatic rings. The number of aromatic amines is 1. The Morgan fingerprint density at radius 1 is 1.12 bits per heavy atom. The SMILES string of the molecule is Nc1n[nH]c2ccc(-c3ccccn3)cc12. The maximum atomic E-state index is 5.76. The van der Waals surface area contributed by atoms with E-state index in [4.69, 9.17) is 5.73 Å². The first-order chi connectivity index (χ1) is 7.84. The molecule has 0 bridgehead atoms. The van der Waals surface area contributed by atoms with Gasteiger partial charge in [0.25, 0.3) is 0 Å². The molecule has 3 aromatic rings. The Hall–Kier alpha value is -2.36. The second-order valence-electron chi connectivity index (χ2n) is 3.58. The van der Waals surface area contributed by atoms with Crippen molar-refractivity contribution in [2.24, 2.45) is 0 Å². The fraction of sp³-hybridized carbons (Fsp3) is 0. The molecule has 4 nitrogen and oxygen atoms in total. The van der Waals surface area contributed by atoms with Gasteiger partial charge in [0.2, 0.25) is 0 Å². The molecule has 0 saturated heterocycles. The summed E-state index contributed by atoms with van der Waals surface area (Å²) in [5.41, 5.74) is 8.68. The lowest BCUT2D eigenvalue weighted by atomic mass is 10.1. The average molecular weight is 210 g/mol. The summed E-state index contributed by atoms with van der Waals surface area (Å²) >= 11 is 0. The van der Waals surface area contributed by atoms with Gasteiger partial charge < -0.3 is 5.73 Å². The van der Waals surface area contributed by atoms with Gasteiger partial charge in [-0.1, -0.05) is 12.1 Å². The lowest BCUT2D eigenvalue weighted by Gasteiger charge is -2.00. The van der Waals surface area contributed by atoms with Crippen molar-refractivity contribution in [1.29, 1.82) is 0 Å². The minimum absolute atomic E-state index is 0.521. The number of hydrogen-bond donors (Lipinski definition) is 2. The predicted molar refractivity (Wildman–Crippen MR) is 63.7 cm³/mol. The molecule has 3 rings (SSSR count). The topological polar surface area (TPSA) is 67.6 Å². The Kier molecular flexibility index (Phi) is 1.86. The molecule has 78 valence electrons. The fourth-order valence-corrected chi connectivity index (χ4v) is 1.73. The maximum absolute atomic E-state index is 5.76. The molecule has 0 saturated carbocycles. The largest absolute Gasteiger partial charge is 0.382 e. The number of aromatic nitrogens is 3. The van der Waals surface area contributed by atoms with Crippen LogP contribution in [0.3, 0.4) is 0 Å². The van der Waals surface area contributed by atoms with E-state index < -0.39 is 0 Å². The Balaban J connectivity index is 2.22. The number of fused-ring (bicyclic) bond motifs is 1. The van der Waals surface area contributed by atoms with E-state index >= 15 is 0 Å². The van der Waals surface area contributed by atoms with Gasteiger partial charge in [0.15, 0.2) is 5.82 Å². The number of pyridine rings is 1. The minimum Gasteiger partial charge on any atom is -0.382 e. The Morgan fingerprint density at radius 3 is 2.88 bits per heavy atom. The third kappa shape index (κ3) is 1.32. The molecule has 4 heteroatoms. The first-order valence-electron chi connectivity index (χ1n) is 4.99. The van der Waals surface area contributed by atoms with Crippen molar-refractivity contribution >= 4 is 16.7 Å². The van der Waals surface area contributed by atoms with Crippen LogP contribution in [0.15, 0.2) is 42.6 Å². The van der Waals surface area contributed by atoms with Crippen molar-refractivity contribution in [3.8, 4) is 11.3 Å². The van der Waals surface area contributed by atoms with Gasteiger partial charge in [-0.2, -0.15) is 5.10 Å². The number of rotatable bonds is 1. The molecule has 2 heterocycles. The van der Waals surface area contributed by atoms with Crippen molar-refractivity contribution in [1.82, 2.24) is 15.2 Å². The van der Waals surface area contributed by atoms with Crippen LogP contribution in [0.4, 0.5) is 5.82 Å². The number of anilines is 1. The number of nitrogen functional groups attached to an aromatic ring is 1. The standard InChI is InChI=1S/C12H10N4/c13-12-9-7-8(4-5-11(9)15-16-12)10-3-1-2-6-14-10/h1-7H,(H3,13,15,16). The molecule has 0 aliphatic heterocycles. The highest BCUT2D eigenvalue weighted by Gasteiger charge is 2.04. The summed E-state index contributed by atoms with van der Waals surface area (Å²) in [7, 11) is 0. The lowest BCUT2D eigenvalue weighted by molar-refractivity contribution is 1.13. The van der Waals surface area contributed by atoms with E-state index in [9.17, 15) is 0 Å². The summed E-state index contributed by atoms with van der Waals surface area (Å²) in [6, 6.07) is 11.8. The second-order valence-corrected chi connectivity index (χ2v) is 3.58. The van der Waals surface area contributed by atoms with E-state index in [1.807, 2.05) is 36.4 Å². The normalized spacial score (nSPS) is 10.8. The number of benzene rings is 1. The van der Waals surface area contributed by atoms with Gasteiger partial charge in [0.05, 0.1) is 11.2 Å². The number of hydrogen-bond acceptors (Lipinski definition) is 3. The summed E-state index contributed by atoms with van der Waals surface area (Å²) in [5, 5.41) is 7.77. The third-order valence-corrected chi connectivity index (χ3v) is 2.55. The second kappa shape index (κ2) is 3.34. The Labute approximate surface area is 92.1 Å². The van der Waals surface area contributed by atoms with Gasteiger partial charge in [-0.15, -0.1) is 0 Å². The van der Waals surface area contributed by atoms with Crippen molar-refractivity contribution in [3.63, 3.8) is 0 Å². The zero-order valence-corrected chi connectivity index (χ0v) is 8.51. The molecular formula is C12H10N4. The monoisotopic (exact) mass is 210 g/mol. The van der Waals surface area contributed by atoms with E-state index in [0.29, 0.717) is 5.82 Å². The molecular weight excluding hydrogens is 200 g/mol. The number of nitrogens with two attached hydrogens (primary N) is 1. The first-order valence-corrected chi connectivity index (χ1v) is 4.99. The maximum Gasteiger partial charge on any atom is 0.153 e. The highest BCUT2D eigenvalue weighted by molar-refractivity contribution is 5.91. The summed E-state index contributed by atoms with van der Waals surface area (Å²) in [5.74, 6) is 0.521. The van der Waals surface area contributed by atoms with Gasteiger partial charge in [-0.05, 0) is 24.3 Å². The molecule has 16 heavy (non-hydrogen) atoms. The van der Waals surface area contributed by atoms with E-state index in [0.717, 1.165) is 22.2 Å². The van der Waals surface area contributed by atoms with Crippen LogP contribution in [-0.4, -0.2) is 15.2 Å². The molecule has 2 aromatic heterocycles. The van der Waals surface area contributed by atoms with Crippen LogP contribution in [0, 0.1) is 0 Å². The van der Waals surface area contributed by atoms with E-state index in [1.54, 1.807) is 6.20 Å². The van der Waals surface area contributed by atoms with Crippen molar-refractivity contribution in [2.75, 3.05) is 5.73 Å². The summed E-state index contributed by atoms with van der Waals surface area (Å²) < 4.78 is 0. The number of H-pyrrole nitrogens is 1. The quantitative estimate of drug-likeness (QED) is 0.647. The predicted octanol–water partition coefficient (Wildman–Crippen LogP) is 2.21. The highest BCUT2D eigenvalue weighted by Crippen LogP contribution is 2.24. The van der Waals surface area contributed by atoms with Gasteiger partial charge in [0, 0.05) is 17.1 Å². The average Bonchev–Trinajstić information content (AvgIpc) is 2.72. The molecule has 0 atom stereocenters. The van der Waals surface area contributed by atoms with E-state index in [-0.39, 0.29) is 0 Å². The number of nitrogens with zero attached hydrogens (tertiary/aromatic N) is 2. The van der Waals surface area contributed by atoms with Crippen molar-refractivity contribution in [2.45, 2.75) is 0 Å². The molecule has 0 unspecified atom stereocenters. The van der Waals surface area contributed by atoms with Crippen LogP contribution in [0.5, 0.6) is 0 Å². The lowest BCUT2D eigenvalue weighted by Crippen LogP contribution is -1.85. The van der Waals surface area contributed by atoms with Crippen LogP contribution in [0.25, 0.3) is 22.2 Å². The number of nitrogens with one attached hydrogen (secondary N) is 1. The van der Waals surface area contributed by atoms with Crippen molar-refractivity contribution in [3.05, 3.63) is 42.6 Å². The van der Waals surface area contributed by atoms with Crippen LogP contribution in [0.1, 0.15) is 0 Å². The summed E-state index contributed by atoms with van der Waals surface area (Å²) in [6.07, 6.45) is 1.78. The molecule has 0 aliphatic carbocycles. The molecule has 1 aromatic carbocycles. The zero-order chi connectivity index (χ0) is 11.0. The smallest absolute Gasteiger partial charge is 0.153 e. The summed E-state index contributed by atoms with van der Waals surface area (Å²) in [4.78, 5) is 4.30. The van der Waals surface area contributed by atoms with Crippen LogP contribution < -0.4 is 5.73 Å². The highest BCUT2D eigenvalue weighted by atomic mass is 15.1. The van der Waals surface area contributed by atoms with Crippen LogP contribution >= 0.6 is 0 Å². The van der Waals surface area contributed by atoms with Gasteiger partial charge >= 0.3 is 0 Å². The van der Waals surface area contributed by atoms with E-state index in [2.05, 4.69) is 15.2 Å². The minimum atomic E-state index is 0.521. The zero-order valence-electron chi connectivity index (χ0n) is 8.51. The molecule has 3 N–H and O–H groups in total. The van der Waals surface area contributed by atoms with Crippen molar-refractivity contribution < 1.29 is 0 Å². The van der Waals surface area contributed by atoms with Crippen LogP contribution in [0.2, 0.25) is 0 Å². The van der Waals surface area contributed by atoms with Crippen LogP contribution in [-0.2, 0) is 0 Å².